The van der Waals surface area contributed by atoms with Gasteiger partial charge in [-0.3, -0.25) is 4.79 Å². The molecule has 11 nitrogen and oxygen atoms in total. The van der Waals surface area contributed by atoms with Gasteiger partial charge in [0.2, 0.25) is 5.91 Å². The molecule has 0 aliphatic carbocycles. The first-order valence-corrected chi connectivity index (χ1v) is 12.0. The summed E-state index contributed by atoms with van der Waals surface area (Å²) in [5.41, 5.74) is 1.13. The average molecular weight is 537 g/mol. The standard InChI is InChI=1S/C20H19N3O8S2.2Na/c1-10-4-5-14(6-11(10)2)22-23-19-17(33(29,30)31)8-13-7-15(32(26,27)28)9-16(21-12(3)24)18(13)20(19)25;;/h4-9,25H,1-3H3,(H,21,24)(H,26,27,28)(H,29,30,31);;/q;2*+1/p-2. The molecule has 1 amide bonds. The third-order valence-electron chi connectivity index (χ3n) is 4.75. The van der Waals surface area contributed by atoms with Gasteiger partial charge < -0.3 is 19.5 Å². The Morgan fingerprint density at radius 2 is 1.54 bits per heavy atom. The Bertz CT molecular complexity index is 1560. The molecular formula is C20H17N3Na2O8S2. The minimum Gasteiger partial charge on any atom is -0.744 e. The number of fused-ring (bicyclic) bond motifs is 1. The van der Waals surface area contributed by atoms with Gasteiger partial charge in [-0.2, -0.15) is 5.11 Å². The van der Waals surface area contributed by atoms with E-state index in [1.54, 1.807) is 18.2 Å². The molecule has 0 spiro atoms. The van der Waals surface area contributed by atoms with Crippen LogP contribution in [0.3, 0.4) is 0 Å². The van der Waals surface area contributed by atoms with Crippen molar-refractivity contribution in [2.24, 2.45) is 10.2 Å². The first-order valence-electron chi connectivity index (χ1n) is 9.20. The normalized spacial score (nSPS) is 11.7. The monoisotopic (exact) mass is 537 g/mol. The number of azo groups is 1. The molecule has 0 fully saturated rings. The fourth-order valence-electron chi connectivity index (χ4n) is 3.08. The van der Waals surface area contributed by atoms with Gasteiger partial charge in [0.25, 0.3) is 0 Å². The molecule has 0 saturated carbocycles. The van der Waals surface area contributed by atoms with E-state index in [1.807, 2.05) is 13.8 Å². The summed E-state index contributed by atoms with van der Waals surface area (Å²) in [5, 5.41) is 20.2. The van der Waals surface area contributed by atoms with Crippen LogP contribution < -0.4 is 64.4 Å². The van der Waals surface area contributed by atoms with Gasteiger partial charge in [-0.15, -0.1) is 5.11 Å². The van der Waals surface area contributed by atoms with E-state index in [4.69, 9.17) is 0 Å². The van der Waals surface area contributed by atoms with E-state index >= 15 is 0 Å². The molecule has 0 aliphatic rings. The zero-order valence-corrected chi connectivity index (χ0v) is 25.1. The SMILES string of the molecule is CC(=O)Nc1cc(S(=O)(=O)[O-])cc2cc(S(=O)(=O)[O-])c(N=Nc3ccc(C)c(C)c3)c(O)c12.[Na+].[Na+]. The molecule has 0 aromatic heterocycles. The molecule has 0 atom stereocenters. The Hall–Kier alpha value is -1.39. The molecule has 0 heterocycles. The smallest absolute Gasteiger partial charge is 0.744 e. The van der Waals surface area contributed by atoms with E-state index < -0.39 is 47.4 Å². The van der Waals surface area contributed by atoms with Crippen molar-refractivity contribution in [3.8, 4) is 5.75 Å². The van der Waals surface area contributed by atoms with Crippen LogP contribution in [0.4, 0.5) is 17.1 Å². The van der Waals surface area contributed by atoms with Crippen LogP contribution in [0.25, 0.3) is 10.8 Å². The maximum absolute atomic E-state index is 11.9. The molecule has 15 heteroatoms. The van der Waals surface area contributed by atoms with Gasteiger partial charge in [-0.1, -0.05) is 6.07 Å². The van der Waals surface area contributed by atoms with Gasteiger partial charge in [0.05, 0.1) is 21.2 Å². The fourth-order valence-corrected chi connectivity index (χ4v) is 4.25. The van der Waals surface area contributed by atoms with Crippen molar-refractivity contribution in [2.45, 2.75) is 30.6 Å². The molecule has 2 N–H and O–H groups in total. The largest absolute Gasteiger partial charge is 1.00 e. The van der Waals surface area contributed by atoms with Crippen LogP contribution >= 0.6 is 0 Å². The molecular weight excluding hydrogens is 520 g/mol. The van der Waals surface area contributed by atoms with Gasteiger partial charge in [0.15, 0.2) is 5.75 Å². The minimum absolute atomic E-state index is 0. The van der Waals surface area contributed by atoms with Gasteiger partial charge >= 0.3 is 59.1 Å². The number of nitrogens with zero attached hydrogens (tertiary/aromatic N) is 2. The van der Waals surface area contributed by atoms with Crippen molar-refractivity contribution >= 4 is 54.0 Å². The van der Waals surface area contributed by atoms with Crippen LogP contribution in [0.2, 0.25) is 0 Å². The topological polar surface area (TPSA) is 188 Å². The Labute approximate surface area is 246 Å². The van der Waals surface area contributed by atoms with E-state index in [2.05, 4.69) is 15.5 Å². The second-order valence-corrected chi connectivity index (χ2v) is 9.93. The zero-order chi connectivity index (χ0) is 24.7. The number of amides is 1. The van der Waals surface area contributed by atoms with Gasteiger partial charge in [0.1, 0.15) is 25.9 Å². The van der Waals surface area contributed by atoms with Crippen LogP contribution in [0.15, 0.2) is 56.4 Å². The van der Waals surface area contributed by atoms with E-state index in [9.17, 15) is 35.8 Å². The Morgan fingerprint density at radius 1 is 0.914 bits per heavy atom. The maximum Gasteiger partial charge on any atom is 1.00 e. The maximum atomic E-state index is 11.9. The van der Waals surface area contributed by atoms with Crippen molar-refractivity contribution in [1.29, 1.82) is 0 Å². The number of phenolic OH excluding ortho intramolecular Hbond substituents is 1. The fraction of sp³-hybridized carbons (Fsp3) is 0.150. The number of hydrogen-bond acceptors (Lipinski definition) is 10. The summed E-state index contributed by atoms with van der Waals surface area (Å²) in [7, 11) is -10.3. The molecule has 35 heavy (non-hydrogen) atoms. The summed E-state index contributed by atoms with van der Waals surface area (Å²) >= 11 is 0. The van der Waals surface area contributed by atoms with Gasteiger partial charge in [-0.25, -0.2) is 16.8 Å². The first kappa shape index (κ1) is 31.6. The number of rotatable bonds is 5. The van der Waals surface area contributed by atoms with Crippen LogP contribution in [0.5, 0.6) is 5.75 Å². The van der Waals surface area contributed by atoms with Crippen LogP contribution in [-0.2, 0) is 25.0 Å². The average Bonchev–Trinajstić information content (AvgIpc) is 2.67. The molecule has 0 aliphatic heterocycles. The van der Waals surface area contributed by atoms with Crippen LogP contribution in [0.1, 0.15) is 18.1 Å². The predicted molar refractivity (Wildman–Crippen MR) is 116 cm³/mol. The molecule has 174 valence electrons. The quantitative estimate of drug-likeness (QED) is 0.201. The van der Waals surface area contributed by atoms with Crippen LogP contribution in [-0.4, -0.2) is 37.0 Å². The summed E-state index contributed by atoms with van der Waals surface area (Å²) in [4.78, 5) is 9.80. The predicted octanol–water partition coefficient (Wildman–Crippen LogP) is -2.65. The number of benzene rings is 3. The van der Waals surface area contributed by atoms with Crippen LogP contribution in [0, 0.1) is 13.8 Å². The number of aryl methyl sites for hydroxylation is 2. The Balaban J connectivity index is 0.00000306. The second-order valence-electron chi connectivity index (χ2n) is 7.20. The zero-order valence-electron chi connectivity index (χ0n) is 19.5. The summed E-state index contributed by atoms with van der Waals surface area (Å²) in [6.45, 7) is 4.78. The molecule has 3 aromatic carbocycles. The van der Waals surface area contributed by atoms with Crippen molar-refractivity contribution in [2.75, 3.05) is 5.32 Å². The summed E-state index contributed by atoms with van der Waals surface area (Å²) in [6.07, 6.45) is 0. The number of carbonyl (C=O) groups excluding carboxylic acids is 1. The Kier molecular flexibility index (Phi) is 10.6. The number of carbonyl (C=O) groups is 1. The molecule has 0 saturated heterocycles. The van der Waals surface area contributed by atoms with Gasteiger partial charge in [0, 0.05) is 12.3 Å². The Morgan fingerprint density at radius 3 is 2.06 bits per heavy atom. The third kappa shape index (κ3) is 7.32. The minimum atomic E-state index is -5.23. The molecule has 0 unspecified atom stereocenters. The van der Waals surface area contributed by atoms with E-state index in [0.29, 0.717) is 5.69 Å². The van der Waals surface area contributed by atoms with Crippen molar-refractivity contribution in [3.05, 3.63) is 47.5 Å². The number of aromatic hydroxyl groups is 1. The number of phenols is 1. The first-order chi connectivity index (χ1) is 15.2. The van der Waals surface area contributed by atoms with Crippen molar-refractivity contribution < 1.29 is 95.0 Å². The summed E-state index contributed by atoms with van der Waals surface area (Å²) in [6, 6.07) is 7.32. The van der Waals surface area contributed by atoms with E-state index in [1.165, 1.54) is 0 Å². The van der Waals surface area contributed by atoms with E-state index in [0.717, 1.165) is 36.2 Å². The molecule has 0 radical (unpaired) electrons. The summed E-state index contributed by atoms with van der Waals surface area (Å²) < 4.78 is 70.2. The number of nitrogens with one attached hydrogen (secondary N) is 1. The molecule has 0 bridgehead atoms. The number of hydrogen-bond donors (Lipinski definition) is 2. The summed E-state index contributed by atoms with van der Waals surface area (Å²) in [5.74, 6) is -1.52. The number of anilines is 1. The molecule has 3 aromatic rings. The second kappa shape index (κ2) is 11.8. The van der Waals surface area contributed by atoms with Crippen molar-refractivity contribution in [3.63, 3.8) is 0 Å². The van der Waals surface area contributed by atoms with E-state index in [-0.39, 0.29) is 75.6 Å². The van der Waals surface area contributed by atoms with Crippen molar-refractivity contribution in [1.82, 2.24) is 0 Å². The van der Waals surface area contributed by atoms with Gasteiger partial charge in [-0.05, 0) is 60.7 Å². The third-order valence-corrected chi connectivity index (χ3v) is 6.41. The molecule has 3 rings (SSSR count).